The summed E-state index contributed by atoms with van der Waals surface area (Å²) in [5.74, 6) is 0. The van der Waals surface area contributed by atoms with Crippen molar-refractivity contribution >= 4 is 19.3 Å². The van der Waals surface area contributed by atoms with E-state index in [-0.39, 0.29) is 0 Å². The molecule has 134 valence electrons. The summed E-state index contributed by atoms with van der Waals surface area (Å²) in [6, 6.07) is 18.8. The first-order valence-electron chi connectivity index (χ1n) is 8.80. The van der Waals surface area contributed by atoms with Crippen molar-refractivity contribution in [2.45, 2.75) is 13.8 Å². The minimum atomic E-state index is -2.48. The van der Waals surface area contributed by atoms with Crippen LogP contribution >= 0.6 is 0 Å². The summed E-state index contributed by atoms with van der Waals surface area (Å²) < 4.78 is 12.4. The smallest absolute Gasteiger partial charge is 0.387 e. The Hall–Kier alpha value is -1.72. The van der Waals surface area contributed by atoms with E-state index >= 15 is 0 Å². The van der Waals surface area contributed by atoms with E-state index in [0.717, 1.165) is 28.1 Å². The van der Waals surface area contributed by atoms with Crippen molar-refractivity contribution in [1.29, 1.82) is 0 Å². The van der Waals surface area contributed by atoms with Gasteiger partial charge in [0.25, 0.3) is 0 Å². The highest BCUT2D eigenvalue weighted by Crippen LogP contribution is 2.21. The zero-order valence-electron chi connectivity index (χ0n) is 15.8. The monoisotopic (exact) mass is 355 g/mol. The van der Waals surface area contributed by atoms with Crippen molar-refractivity contribution in [2.75, 3.05) is 33.5 Å². The molecule has 2 aromatic carbocycles. The van der Waals surface area contributed by atoms with Crippen LogP contribution in [0.3, 0.4) is 0 Å². The topological polar surface area (TPSA) is 21.7 Å². The molecule has 3 nitrogen and oxygen atoms in total. The molecule has 2 aromatic rings. The van der Waals surface area contributed by atoms with Crippen LogP contribution in [0, 0.1) is 0 Å². The van der Waals surface area contributed by atoms with Crippen LogP contribution in [0.1, 0.15) is 25.0 Å². The predicted molar refractivity (Wildman–Crippen MR) is 108 cm³/mol. The van der Waals surface area contributed by atoms with Crippen molar-refractivity contribution < 1.29 is 8.85 Å². The van der Waals surface area contributed by atoms with Gasteiger partial charge in [-0.15, -0.1) is 0 Å². The summed E-state index contributed by atoms with van der Waals surface area (Å²) >= 11 is 0. The number of benzene rings is 2. The third kappa shape index (κ3) is 4.89. The second-order valence-electron chi connectivity index (χ2n) is 6.28. The van der Waals surface area contributed by atoms with Gasteiger partial charge < -0.3 is 13.8 Å². The van der Waals surface area contributed by atoms with Crippen molar-refractivity contribution in [3.05, 3.63) is 72.3 Å². The van der Waals surface area contributed by atoms with E-state index in [9.17, 15) is 0 Å². The Kier molecular flexibility index (Phi) is 7.14. The number of rotatable bonds is 9. The van der Waals surface area contributed by atoms with Crippen LogP contribution in [-0.4, -0.2) is 46.9 Å². The van der Waals surface area contributed by atoms with Gasteiger partial charge in [-0.3, -0.25) is 0 Å². The fourth-order valence-corrected chi connectivity index (χ4v) is 6.23. The molecule has 0 heterocycles. The Labute approximate surface area is 153 Å². The van der Waals surface area contributed by atoms with Gasteiger partial charge in [0.15, 0.2) is 0 Å². The molecule has 0 fully saturated rings. The molecule has 0 saturated carbocycles. The third-order valence-electron chi connectivity index (χ3n) is 4.07. The molecule has 0 saturated heterocycles. The average molecular weight is 356 g/mol. The predicted octanol–water partition coefficient (Wildman–Crippen LogP) is 3.57. The van der Waals surface area contributed by atoms with Crippen molar-refractivity contribution in [3.63, 3.8) is 0 Å². The zero-order valence-corrected chi connectivity index (χ0v) is 16.8. The molecule has 0 unspecified atom stereocenters. The lowest BCUT2D eigenvalue weighted by Gasteiger charge is -2.32. The number of hydrogen-bond donors (Lipinski definition) is 0. The summed E-state index contributed by atoms with van der Waals surface area (Å²) in [6.07, 6.45) is 0.799. The SMILES string of the molecule is C=C(c1ccccc1)c1ccc([Si](CN(C)C)(OCC)OCC)cc1. The lowest BCUT2D eigenvalue weighted by molar-refractivity contribution is 0.183. The molecule has 0 aromatic heterocycles. The zero-order chi connectivity index (χ0) is 18.3. The molecule has 0 N–H and O–H groups in total. The highest BCUT2D eigenvalue weighted by Gasteiger charge is 2.40. The quantitative estimate of drug-likeness (QED) is 0.642. The maximum atomic E-state index is 6.20. The van der Waals surface area contributed by atoms with Crippen LogP contribution in [-0.2, 0) is 8.85 Å². The van der Waals surface area contributed by atoms with Gasteiger partial charge in [-0.2, -0.15) is 0 Å². The Bertz CT molecular complexity index is 662. The van der Waals surface area contributed by atoms with E-state index in [1.807, 2.05) is 32.0 Å². The maximum Gasteiger partial charge on any atom is 0.387 e. The van der Waals surface area contributed by atoms with Crippen molar-refractivity contribution in [1.82, 2.24) is 4.90 Å². The maximum absolute atomic E-state index is 6.20. The Morgan fingerprint density at radius 2 is 1.40 bits per heavy atom. The molecule has 25 heavy (non-hydrogen) atoms. The highest BCUT2D eigenvalue weighted by molar-refractivity contribution is 6.81. The van der Waals surface area contributed by atoms with Crippen molar-refractivity contribution in [3.8, 4) is 0 Å². The fraction of sp³-hybridized carbons (Fsp3) is 0.333. The summed E-state index contributed by atoms with van der Waals surface area (Å²) in [7, 11) is 1.65. The molecule has 0 aliphatic rings. The van der Waals surface area contributed by atoms with Gasteiger partial charge in [-0.1, -0.05) is 61.2 Å². The second-order valence-corrected chi connectivity index (χ2v) is 9.26. The van der Waals surface area contributed by atoms with E-state index in [2.05, 4.69) is 62.0 Å². The van der Waals surface area contributed by atoms with Gasteiger partial charge in [-0.25, -0.2) is 0 Å². The minimum Gasteiger partial charge on any atom is -0.391 e. The number of nitrogens with zero attached hydrogens (tertiary/aromatic N) is 1. The average Bonchev–Trinajstić information content (AvgIpc) is 2.62. The van der Waals surface area contributed by atoms with Crippen LogP contribution in [0.15, 0.2) is 61.2 Å². The van der Waals surface area contributed by atoms with Gasteiger partial charge >= 0.3 is 8.56 Å². The summed E-state index contributed by atoms with van der Waals surface area (Å²) in [5, 5.41) is 1.16. The molecule has 0 radical (unpaired) electrons. The Balaban J connectivity index is 2.32. The normalized spacial score (nSPS) is 11.7. The molecule has 0 aliphatic carbocycles. The number of hydrogen-bond acceptors (Lipinski definition) is 3. The van der Waals surface area contributed by atoms with E-state index in [0.29, 0.717) is 13.2 Å². The van der Waals surface area contributed by atoms with Crippen LogP contribution in [0.2, 0.25) is 0 Å². The lowest BCUT2D eigenvalue weighted by atomic mass is 10.00. The fourth-order valence-electron chi connectivity index (χ4n) is 3.00. The van der Waals surface area contributed by atoms with Gasteiger partial charge in [0, 0.05) is 19.4 Å². The van der Waals surface area contributed by atoms with Gasteiger partial charge in [0.2, 0.25) is 0 Å². The first-order valence-corrected chi connectivity index (χ1v) is 10.8. The Morgan fingerprint density at radius 1 is 0.880 bits per heavy atom. The molecule has 2 rings (SSSR count). The molecule has 0 spiro atoms. The van der Waals surface area contributed by atoms with Crippen LogP contribution in [0.25, 0.3) is 5.57 Å². The third-order valence-corrected chi connectivity index (χ3v) is 7.85. The Morgan fingerprint density at radius 3 is 1.88 bits per heavy atom. The first-order chi connectivity index (χ1) is 12.0. The molecule has 4 heteroatoms. The summed E-state index contributed by atoms with van der Waals surface area (Å²) in [6.45, 7) is 9.61. The second kappa shape index (κ2) is 9.11. The summed E-state index contributed by atoms with van der Waals surface area (Å²) in [4.78, 5) is 2.15. The van der Waals surface area contributed by atoms with Gasteiger partial charge in [-0.05, 0) is 49.8 Å². The molecular weight excluding hydrogens is 326 g/mol. The molecule has 0 bridgehead atoms. The standard InChI is InChI=1S/C21H29NO2Si/c1-6-23-25(24-7-2,17-22(4)5)21-15-13-20(14-16-21)18(3)19-11-9-8-10-12-19/h8-16H,3,6-7,17H2,1-2,4-5H3. The van der Waals surface area contributed by atoms with E-state index in [4.69, 9.17) is 8.85 Å². The van der Waals surface area contributed by atoms with E-state index in [1.54, 1.807) is 0 Å². The molecule has 0 atom stereocenters. The first kappa shape index (κ1) is 19.6. The van der Waals surface area contributed by atoms with Crippen LogP contribution in [0.4, 0.5) is 0 Å². The molecule has 0 aliphatic heterocycles. The summed E-state index contributed by atoms with van der Waals surface area (Å²) in [5.41, 5.74) is 3.29. The molecular formula is C21H29NO2Si. The minimum absolute atomic E-state index is 0.651. The van der Waals surface area contributed by atoms with Gasteiger partial charge in [0.05, 0.1) is 0 Å². The van der Waals surface area contributed by atoms with Crippen LogP contribution in [0.5, 0.6) is 0 Å². The molecule has 0 amide bonds. The van der Waals surface area contributed by atoms with E-state index in [1.165, 1.54) is 0 Å². The van der Waals surface area contributed by atoms with Gasteiger partial charge in [0.1, 0.15) is 0 Å². The largest absolute Gasteiger partial charge is 0.391 e. The highest BCUT2D eigenvalue weighted by atomic mass is 28.4. The van der Waals surface area contributed by atoms with E-state index < -0.39 is 8.56 Å². The lowest BCUT2D eigenvalue weighted by Crippen LogP contribution is -2.60. The van der Waals surface area contributed by atoms with Crippen molar-refractivity contribution in [2.24, 2.45) is 0 Å². The van der Waals surface area contributed by atoms with Crippen LogP contribution < -0.4 is 5.19 Å².